The van der Waals surface area contributed by atoms with Gasteiger partial charge < -0.3 is 24.6 Å². The Kier molecular flexibility index (Phi) is 8.46. The van der Waals surface area contributed by atoms with Gasteiger partial charge in [0, 0.05) is 47.6 Å². The summed E-state index contributed by atoms with van der Waals surface area (Å²) >= 11 is 18.0. The van der Waals surface area contributed by atoms with Gasteiger partial charge in [0.05, 0.1) is 17.7 Å². The Morgan fingerprint density at radius 3 is 2.14 bits per heavy atom. The molecule has 0 atom stereocenters. The number of amides is 2. The second-order valence-electron chi connectivity index (χ2n) is 8.08. The molecule has 1 heterocycles. The molecular formula is C26H24Cl3N3O4. The largest absolute Gasteiger partial charge is 0.496 e. The Morgan fingerprint density at radius 1 is 0.861 bits per heavy atom. The maximum atomic E-state index is 13.0. The fourth-order valence-corrected chi connectivity index (χ4v) is 4.51. The lowest BCUT2D eigenvalue weighted by molar-refractivity contribution is -0.118. The van der Waals surface area contributed by atoms with Crippen molar-refractivity contribution in [1.82, 2.24) is 4.90 Å². The summed E-state index contributed by atoms with van der Waals surface area (Å²) in [5, 5.41) is 4.13. The number of nitrogens with one attached hydrogen (secondary N) is 1. The number of ether oxygens (including phenoxy) is 2. The maximum absolute atomic E-state index is 13.0. The summed E-state index contributed by atoms with van der Waals surface area (Å²) in [7, 11) is 1.53. The molecule has 3 aromatic rings. The Bertz CT molecular complexity index is 1250. The van der Waals surface area contributed by atoms with Crippen molar-refractivity contribution in [3.8, 4) is 11.5 Å². The third kappa shape index (κ3) is 6.35. The first-order chi connectivity index (χ1) is 17.3. The maximum Gasteiger partial charge on any atom is 0.262 e. The molecule has 0 radical (unpaired) electrons. The molecule has 1 aliphatic heterocycles. The number of hydrogen-bond donors (Lipinski definition) is 1. The van der Waals surface area contributed by atoms with E-state index in [0.29, 0.717) is 64.0 Å². The molecule has 2 amide bonds. The number of carbonyl (C=O) groups excluding carboxylic acids is 2. The highest BCUT2D eigenvalue weighted by molar-refractivity contribution is 6.35. The fraction of sp³-hybridized carbons (Fsp3) is 0.231. The SMILES string of the molecule is COc1ccc(Cl)cc1C(=O)N1CCN(c2ccc(NC(=O)COc3ccc(Cl)cc3Cl)cc2)CC1. The van der Waals surface area contributed by atoms with Gasteiger partial charge >= 0.3 is 0 Å². The molecule has 0 saturated carbocycles. The van der Waals surface area contributed by atoms with Crippen LogP contribution in [0.15, 0.2) is 60.7 Å². The number of nitrogens with zero attached hydrogens (tertiary/aromatic N) is 2. The number of rotatable bonds is 7. The molecular weight excluding hydrogens is 525 g/mol. The molecule has 36 heavy (non-hydrogen) atoms. The van der Waals surface area contributed by atoms with Crippen molar-refractivity contribution in [1.29, 1.82) is 0 Å². The van der Waals surface area contributed by atoms with Crippen molar-refractivity contribution in [2.24, 2.45) is 0 Å². The second-order valence-corrected chi connectivity index (χ2v) is 9.36. The van der Waals surface area contributed by atoms with Crippen LogP contribution < -0.4 is 19.7 Å². The lowest BCUT2D eigenvalue weighted by Gasteiger charge is -2.36. The van der Waals surface area contributed by atoms with Gasteiger partial charge in [-0.2, -0.15) is 0 Å². The molecule has 0 unspecified atom stereocenters. The lowest BCUT2D eigenvalue weighted by atomic mass is 10.1. The van der Waals surface area contributed by atoms with Gasteiger partial charge in [0.25, 0.3) is 11.8 Å². The van der Waals surface area contributed by atoms with E-state index in [1.54, 1.807) is 41.3 Å². The molecule has 188 valence electrons. The highest BCUT2D eigenvalue weighted by Gasteiger charge is 2.24. The molecule has 1 saturated heterocycles. The van der Waals surface area contributed by atoms with Gasteiger partial charge in [0.15, 0.2) is 6.61 Å². The number of benzene rings is 3. The van der Waals surface area contributed by atoms with Crippen LogP contribution in [0.2, 0.25) is 15.1 Å². The normalized spacial score (nSPS) is 13.3. The molecule has 1 aliphatic rings. The predicted molar refractivity (Wildman–Crippen MR) is 143 cm³/mol. The van der Waals surface area contributed by atoms with Crippen molar-refractivity contribution >= 4 is 58.0 Å². The van der Waals surface area contributed by atoms with Gasteiger partial charge in [-0.1, -0.05) is 34.8 Å². The summed E-state index contributed by atoms with van der Waals surface area (Å²) in [6, 6.07) is 17.4. The van der Waals surface area contributed by atoms with E-state index in [0.717, 1.165) is 5.69 Å². The Balaban J connectivity index is 1.28. The number of piperazine rings is 1. The van der Waals surface area contributed by atoms with Gasteiger partial charge in [0.2, 0.25) is 0 Å². The third-order valence-electron chi connectivity index (χ3n) is 5.73. The average molecular weight is 549 g/mol. The first kappa shape index (κ1) is 25.9. The summed E-state index contributed by atoms with van der Waals surface area (Å²) in [5.74, 6) is 0.482. The number of carbonyl (C=O) groups is 2. The topological polar surface area (TPSA) is 71.1 Å². The van der Waals surface area contributed by atoms with Gasteiger partial charge in [-0.3, -0.25) is 9.59 Å². The zero-order valence-corrected chi connectivity index (χ0v) is 21.7. The zero-order chi connectivity index (χ0) is 25.7. The smallest absolute Gasteiger partial charge is 0.262 e. The molecule has 0 bridgehead atoms. The van der Waals surface area contributed by atoms with Gasteiger partial charge in [-0.05, 0) is 60.7 Å². The molecule has 3 aromatic carbocycles. The zero-order valence-electron chi connectivity index (χ0n) is 19.5. The Labute approximate surface area is 224 Å². The van der Waals surface area contributed by atoms with E-state index < -0.39 is 0 Å². The van der Waals surface area contributed by atoms with Crippen LogP contribution in [0, 0.1) is 0 Å². The van der Waals surface area contributed by atoms with Gasteiger partial charge in [0.1, 0.15) is 11.5 Å². The van der Waals surface area contributed by atoms with Crippen LogP contribution in [0.1, 0.15) is 10.4 Å². The van der Waals surface area contributed by atoms with Crippen LogP contribution in [0.5, 0.6) is 11.5 Å². The average Bonchev–Trinajstić information content (AvgIpc) is 2.88. The van der Waals surface area contributed by atoms with Crippen LogP contribution >= 0.6 is 34.8 Å². The number of methoxy groups -OCH3 is 1. The summed E-state index contributed by atoms with van der Waals surface area (Å²) in [6.45, 7) is 2.30. The number of anilines is 2. The van der Waals surface area contributed by atoms with E-state index in [4.69, 9.17) is 44.3 Å². The number of halogens is 3. The van der Waals surface area contributed by atoms with E-state index in [1.165, 1.54) is 7.11 Å². The predicted octanol–water partition coefficient (Wildman–Crippen LogP) is 5.64. The fourth-order valence-electron chi connectivity index (χ4n) is 3.87. The van der Waals surface area contributed by atoms with E-state index in [9.17, 15) is 9.59 Å². The minimum Gasteiger partial charge on any atom is -0.496 e. The Hall–Kier alpha value is -3.13. The number of hydrogen-bond acceptors (Lipinski definition) is 5. The highest BCUT2D eigenvalue weighted by Crippen LogP contribution is 2.28. The lowest BCUT2D eigenvalue weighted by Crippen LogP contribution is -2.48. The van der Waals surface area contributed by atoms with Crippen molar-refractivity contribution in [3.05, 3.63) is 81.3 Å². The van der Waals surface area contributed by atoms with Crippen LogP contribution in [-0.4, -0.2) is 56.6 Å². The summed E-state index contributed by atoms with van der Waals surface area (Å²) in [5.41, 5.74) is 2.11. The molecule has 1 N–H and O–H groups in total. The van der Waals surface area contributed by atoms with E-state index in [2.05, 4.69) is 10.2 Å². The van der Waals surface area contributed by atoms with Gasteiger partial charge in [-0.25, -0.2) is 0 Å². The molecule has 4 rings (SSSR count). The van der Waals surface area contributed by atoms with Crippen molar-refractivity contribution in [2.45, 2.75) is 0 Å². The third-order valence-corrected chi connectivity index (χ3v) is 6.49. The van der Waals surface area contributed by atoms with Crippen LogP contribution in [0.25, 0.3) is 0 Å². The van der Waals surface area contributed by atoms with Crippen LogP contribution in [-0.2, 0) is 4.79 Å². The summed E-state index contributed by atoms with van der Waals surface area (Å²) in [4.78, 5) is 29.3. The van der Waals surface area contributed by atoms with Crippen LogP contribution in [0.4, 0.5) is 11.4 Å². The molecule has 10 heteroatoms. The Morgan fingerprint density at radius 2 is 1.50 bits per heavy atom. The van der Waals surface area contributed by atoms with Crippen LogP contribution in [0.3, 0.4) is 0 Å². The monoisotopic (exact) mass is 547 g/mol. The second kappa shape index (κ2) is 11.7. The van der Waals surface area contributed by atoms with E-state index in [1.807, 2.05) is 24.3 Å². The minimum absolute atomic E-state index is 0.103. The van der Waals surface area contributed by atoms with Gasteiger partial charge in [-0.15, -0.1) is 0 Å². The quantitative estimate of drug-likeness (QED) is 0.414. The minimum atomic E-state index is -0.308. The highest BCUT2D eigenvalue weighted by atomic mass is 35.5. The van der Waals surface area contributed by atoms with E-state index >= 15 is 0 Å². The molecule has 0 spiro atoms. The molecule has 0 aliphatic carbocycles. The molecule has 1 fully saturated rings. The summed E-state index contributed by atoms with van der Waals surface area (Å²) < 4.78 is 10.8. The first-order valence-electron chi connectivity index (χ1n) is 11.2. The van der Waals surface area contributed by atoms with Crippen molar-refractivity contribution in [2.75, 3.05) is 50.1 Å². The standard InChI is InChI=1S/C26H24Cl3N3O4/c1-35-23-8-2-17(27)14-21(23)26(34)32-12-10-31(11-13-32)20-6-4-19(5-7-20)30-25(33)16-36-24-9-3-18(28)15-22(24)29/h2-9,14-15H,10-13,16H2,1H3,(H,30,33). The van der Waals surface area contributed by atoms with Crippen molar-refractivity contribution in [3.63, 3.8) is 0 Å². The summed E-state index contributed by atoms with van der Waals surface area (Å²) in [6.07, 6.45) is 0. The first-order valence-corrected chi connectivity index (χ1v) is 12.3. The molecule has 0 aromatic heterocycles. The molecule has 7 nitrogen and oxygen atoms in total. The van der Waals surface area contributed by atoms with E-state index in [-0.39, 0.29) is 18.4 Å². The van der Waals surface area contributed by atoms with Crippen molar-refractivity contribution < 1.29 is 19.1 Å².